The third kappa shape index (κ3) is 3.00. The second-order valence-corrected chi connectivity index (χ2v) is 5.07. The van der Waals surface area contributed by atoms with Gasteiger partial charge in [-0.15, -0.1) is 0 Å². The molecule has 18 heavy (non-hydrogen) atoms. The quantitative estimate of drug-likeness (QED) is 0.850. The highest BCUT2D eigenvalue weighted by molar-refractivity contribution is 5.40. The summed E-state index contributed by atoms with van der Waals surface area (Å²) in [4.78, 5) is 6.85. The van der Waals surface area contributed by atoms with Crippen molar-refractivity contribution in [3.05, 3.63) is 23.9 Å². The number of pyridine rings is 1. The predicted octanol–water partition coefficient (Wildman–Crippen LogP) is 1.57. The summed E-state index contributed by atoms with van der Waals surface area (Å²) < 4.78 is 0. The maximum Gasteiger partial charge on any atom is 0.128 e. The third-order valence-corrected chi connectivity index (χ3v) is 3.90. The largest absolute Gasteiger partial charge is 0.396 e. The molecular weight excluding hydrogens is 226 g/mol. The van der Waals surface area contributed by atoms with Crippen LogP contribution in [0.1, 0.15) is 31.4 Å². The molecule has 1 atom stereocenters. The lowest BCUT2D eigenvalue weighted by Crippen LogP contribution is -2.35. The Morgan fingerprint density at radius 3 is 2.67 bits per heavy atom. The Bertz CT molecular complexity index is 358. The Hall–Kier alpha value is -1.13. The van der Waals surface area contributed by atoms with E-state index in [1.807, 2.05) is 13.2 Å². The fourth-order valence-electron chi connectivity index (χ4n) is 2.35. The smallest absolute Gasteiger partial charge is 0.128 e. The highest BCUT2D eigenvalue weighted by Gasteiger charge is 2.19. The predicted molar refractivity (Wildman–Crippen MR) is 73.7 cm³/mol. The standard InChI is InChI=1S/C14H23N3O/c1-11(15-2)13-3-4-14(16-9-13)17-7-5-12(10-18)6-8-17/h3-4,9,11-12,15,18H,5-8,10H2,1-2H3. The lowest BCUT2D eigenvalue weighted by Gasteiger charge is -2.32. The van der Waals surface area contributed by atoms with Gasteiger partial charge in [0.15, 0.2) is 0 Å². The van der Waals surface area contributed by atoms with Crippen molar-refractivity contribution in [2.45, 2.75) is 25.8 Å². The summed E-state index contributed by atoms with van der Waals surface area (Å²) in [5.41, 5.74) is 1.21. The molecule has 0 radical (unpaired) electrons. The van der Waals surface area contributed by atoms with Gasteiger partial charge in [0.25, 0.3) is 0 Å². The van der Waals surface area contributed by atoms with Crippen LogP contribution in [0.4, 0.5) is 5.82 Å². The van der Waals surface area contributed by atoms with Crippen LogP contribution in [0.25, 0.3) is 0 Å². The molecule has 0 bridgehead atoms. The van der Waals surface area contributed by atoms with Gasteiger partial charge in [-0.2, -0.15) is 0 Å². The molecule has 1 aromatic rings. The van der Waals surface area contributed by atoms with E-state index in [1.165, 1.54) is 5.56 Å². The lowest BCUT2D eigenvalue weighted by molar-refractivity contribution is 0.203. The van der Waals surface area contributed by atoms with Crippen LogP contribution in [0, 0.1) is 5.92 Å². The van der Waals surface area contributed by atoms with E-state index in [0.29, 0.717) is 18.6 Å². The van der Waals surface area contributed by atoms with Gasteiger partial charge in [-0.3, -0.25) is 0 Å². The van der Waals surface area contributed by atoms with E-state index in [9.17, 15) is 0 Å². The number of hydrogen-bond donors (Lipinski definition) is 2. The fourth-order valence-corrected chi connectivity index (χ4v) is 2.35. The van der Waals surface area contributed by atoms with Gasteiger partial charge >= 0.3 is 0 Å². The molecule has 0 saturated carbocycles. The average Bonchev–Trinajstić information content (AvgIpc) is 2.47. The van der Waals surface area contributed by atoms with Crippen molar-refractivity contribution in [2.24, 2.45) is 5.92 Å². The first kappa shape index (κ1) is 13.3. The Kier molecular flexibility index (Phi) is 4.55. The monoisotopic (exact) mass is 249 g/mol. The van der Waals surface area contributed by atoms with Crippen LogP contribution in [-0.4, -0.2) is 36.8 Å². The fraction of sp³-hybridized carbons (Fsp3) is 0.643. The molecule has 1 unspecified atom stereocenters. The molecule has 4 heteroatoms. The molecule has 2 heterocycles. The Labute approximate surface area is 109 Å². The van der Waals surface area contributed by atoms with Gasteiger partial charge in [0.2, 0.25) is 0 Å². The zero-order valence-electron chi connectivity index (χ0n) is 11.3. The van der Waals surface area contributed by atoms with Crippen molar-refractivity contribution < 1.29 is 5.11 Å². The minimum Gasteiger partial charge on any atom is -0.396 e. The zero-order valence-corrected chi connectivity index (χ0v) is 11.3. The first-order valence-electron chi connectivity index (χ1n) is 6.73. The molecule has 1 aromatic heterocycles. The van der Waals surface area contributed by atoms with Crippen LogP contribution < -0.4 is 10.2 Å². The molecule has 4 nitrogen and oxygen atoms in total. The second kappa shape index (κ2) is 6.16. The van der Waals surface area contributed by atoms with Crippen molar-refractivity contribution in [1.82, 2.24) is 10.3 Å². The first-order valence-corrected chi connectivity index (χ1v) is 6.73. The maximum atomic E-state index is 9.13. The highest BCUT2D eigenvalue weighted by atomic mass is 16.3. The first-order chi connectivity index (χ1) is 8.74. The summed E-state index contributed by atoms with van der Waals surface area (Å²) in [5.74, 6) is 1.53. The van der Waals surface area contributed by atoms with Gasteiger partial charge in [-0.25, -0.2) is 4.98 Å². The van der Waals surface area contributed by atoms with E-state index >= 15 is 0 Å². The molecule has 0 spiro atoms. The summed E-state index contributed by atoms with van der Waals surface area (Å²) in [6, 6.07) is 4.58. The van der Waals surface area contributed by atoms with Gasteiger partial charge in [-0.1, -0.05) is 6.07 Å². The lowest BCUT2D eigenvalue weighted by atomic mass is 9.98. The molecule has 0 aromatic carbocycles. The minimum atomic E-state index is 0.319. The molecule has 1 fully saturated rings. The highest BCUT2D eigenvalue weighted by Crippen LogP contribution is 2.22. The maximum absolute atomic E-state index is 9.13. The van der Waals surface area contributed by atoms with E-state index in [0.717, 1.165) is 31.7 Å². The Balaban J connectivity index is 1.98. The molecule has 100 valence electrons. The number of hydrogen-bond acceptors (Lipinski definition) is 4. The van der Waals surface area contributed by atoms with Crippen LogP contribution in [0.15, 0.2) is 18.3 Å². The molecule has 2 N–H and O–H groups in total. The summed E-state index contributed by atoms with van der Waals surface area (Å²) >= 11 is 0. The van der Waals surface area contributed by atoms with Gasteiger partial charge in [0.05, 0.1) is 0 Å². The number of rotatable bonds is 4. The summed E-state index contributed by atoms with van der Waals surface area (Å²) in [5, 5.41) is 12.3. The van der Waals surface area contributed by atoms with Crippen molar-refractivity contribution in [3.63, 3.8) is 0 Å². The number of nitrogens with zero attached hydrogens (tertiary/aromatic N) is 2. The minimum absolute atomic E-state index is 0.319. The number of anilines is 1. The van der Waals surface area contributed by atoms with E-state index < -0.39 is 0 Å². The van der Waals surface area contributed by atoms with E-state index in [4.69, 9.17) is 5.11 Å². The van der Waals surface area contributed by atoms with Crippen LogP contribution >= 0.6 is 0 Å². The number of piperidine rings is 1. The number of nitrogens with one attached hydrogen (secondary N) is 1. The van der Waals surface area contributed by atoms with Gasteiger partial charge in [-0.05, 0) is 44.4 Å². The molecule has 1 aliphatic heterocycles. The molecular formula is C14H23N3O. The van der Waals surface area contributed by atoms with Gasteiger partial charge in [0, 0.05) is 31.9 Å². The van der Waals surface area contributed by atoms with Gasteiger partial charge < -0.3 is 15.3 Å². The molecule has 2 rings (SSSR count). The second-order valence-electron chi connectivity index (χ2n) is 5.07. The van der Waals surface area contributed by atoms with E-state index in [2.05, 4.69) is 34.3 Å². The third-order valence-electron chi connectivity index (χ3n) is 3.90. The summed E-state index contributed by atoms with van der Waals surface area (Å²) in [6.07, 6.45) is 4.08. The van der Waals surface area contributed by atoms with E-state index in [-0.39, 0.29) is 0 Å². The Morgan fingerprint density at radius 2 is 2.17 bits per heavy atom. The molecule has 0 amide bonds. The van der Waals surface area contributed by atoms with Crippen molar-refractivity contribution >= 4 is 5.82 Å². The summed E-state index contributed by atoms with van der Waals surface area (Å²) in [6.45, 7) is 4.45. The van der Waals surface area contributed by atoms with Crippen molar-refractivity contribution in [1.29, 1.82) is 0 Å². The Morgan fingerprint density at radius 1 is 1.44 bits per heavy atom. The molecule has 0 aliphatic carbocycles. The molecule has 1 aliphatic rings. The summed E-state index contributed by atoms with van der Waals surface area (Å²) in [7, 11) is 1.96. The topological polar surface area (TPSA) is 48.4 Å². The van der Waals surface area contributed by atoms with Crippen LogP contribution in [0.3, 0.4) is 0 Å². The SMILES string of the molecule is CNC(C)c1ccc(N2CCC(CO)CC2)nc1. The van der Waals surface area contributed by atoms with Gasteiger partial charge in [0.1, 0.15) is 5.82 Å². The number of aromatic nitrogens is 1. The average molecular weight is 249 g/mol. The zero-order chi connectivity index (χ0) is 13.0. The van der Waals surface area contributed by atoms with Crippen molar-refractivity contribution in [3.8, 4) is 0 Å². The van der Waals surface area contributed by atoms with E-state index in [1.54, 1.807) is 0 Å². The van der Waals surface area contributed by atoms with Crippen LogP contribution in [0.2, 0.25) is 0 Å². The van der Waals surface area contributed by atoms with Crippen molar-refractivity contribution in [2.75, 3.05) is 31.6 Å². The number of aliphatic hydroxyl groups excluding tert-OH is 1. The van der Waals surface area contributed by atoms with Crippen LogP contribution in [-0.2, 0) is 0 Å². The normalized spacial score (nSPS) is 18.9. The number of aliphatic hydroxyl groups is 1. The molecule has 1 saturated heterocycles. The van der Waals surface area contributed by atoms with Crippen LogP contribution in [0.5, 0.6) is 0 Å².